The fourth-order valence-corrected chi connectivity index (χ4v) is 4.79. The summed E-state index contributed by atoms with van der Waals surface area (Å²) >= 11 is 0. The lowest BCUT2D eigenvalue weighted by Crippen LogP contribution is -2.41. The predicted octanol–water partition coefficient (Wildman–Crippen LogP) is 3.28. The van der Waals surface area contributed by atoms with Crippen molar-refractivity contribution in [3.8, 4) is 0 Å². The highest BCUT2D eigenvalue weighted by molar-refractivity contribution is 5.80. The second-order valence-electron chi connectivity index (χ2n) is 8.72. The molecule has 27 heavy (non-hydrogen) atoms. The van der Waals surface area contributed by atoms with E-state index >= 15 is 0 Å². The highest BCUT2D eigenvalue weighted by Gasteiger charge is 2.62. The van der Waals surface area contributed by atoms with Gasteiger partial charge in [-0.25, -0.2) is 5.43 Å². The third-order valence-corrected chi connectivity index (χ3v) is 6.58. The van der Waals surface area contributed by atoms with Crippen LogP contribution in [-0.4, -0.2) is 30.9 Å². The van der Waals surface area contributed by atoms with E-state index in [-0.39, 0.29) is 28.7 Å². The van der Waals surface area contributed by atoms with Gasteiger partial charge in [-0.05, 0) is 23.0 Å². The van der Waals surface area contributed by atoms with E-state index < -0.39 is 0 Å². The van der Waals surface area contributed by atoms with Crippen LogP contribution in [0.15, 0.2) is 60.7 Å². The Kier molecular flexibility index (Phi) is 4.57. The first kappa shape index (κ1) is 18.2. The maximum Gasteiger partial charge on any atom is 0.228 e. The van der Waals surface area contributed by atoms with Crippen molar-refractivity contribution in [2.45, 2.75) is 31.7 Å². The molecule has 0 radical (unpaired) electrons. The van der Waals surface area contributed by atoms with E-state index in [4.69, 9.17) is 0 Å². The van der Waals surface area contributed by atoms with Crippen LogP contribution in [0.4, 0.5) is 0 Å². The van der Waals surface area contributed by atoms with Crippen LogP contribution in [-0.2, 0) is 10.2 Å². The first-order valence-corrected chi connectivity index (χ1v) is 9.78. The summed E-state index contributed by atoms with van der Waals surface area (Å²) in [4.78, 5) is 15.3. The van der Waals surface area contributed by atoms with Gasteiger partial charge in [-0.15, -0.1) is 0 Å². The van der Waals surface area contributed by atoms with Crippen molar-refractivity contribution in [2.24, 2.45) is 11.3 Å². The summed E-state index contributed by atoms with van der Waals surface area (Å²) in [6, 6.07) is 20.9. The van der Waals surface area contributed by atoms with Crippen molar-refractivity contribution in [1.29, 1.82) is 0 Å². The number of nitrogens with zero attached hydrogens (tertiary/aromatic N) is 1. The van der Waals surface area contributed by atoms with Gasteiger partial charge in [0.15, 0.2) is 0 Å². The molecule has 2 aliphatic rings. The van der Waals surface area contributed by atoms with Gasteiger partial charge in [0.25, 0.3) is 0 Å². The molecule has 1 saturated heterocycles. The topological polar surface area (TPSA) is 44.4 Å². The molecule has 142 valence electrons. The number of carbonyl (C=O) groups excluding carboxylic acids is 1. The standard InChI is InChI=1S/C23H29N3O/c1-22(2)15-23(22,18-12-8-5-9-13-18)16-26(3)21(27)19-14-24-25-20(19)17-10-6-4-7-11-17/h4-13,19-20,24-25H,14-16H2,1-3H3. The summed E-state index contributed by atoms with van der Waals surface area (Å²) in [5, 5.41) is 0. The third-order valence-electron chi connectivity index (χ3n) is 6.58. The van der Waals surface area contributed by atoms with Crippen molar-refractivity contribution in [2.75, 3.05) is 20.1 Å². The number of hydrogen-bond acceptors (Lipinski definition) is 3. The van der Waals surface area contributed by atoms with Crippen molar-refractivity contribution >= 4 is 5.91 Å². The van der Waals surface area contributed by atoms with Gasteiger partial charge >= 0.3 is 0 Å². The van der Waals surface area contributed by atoms with Gasteiger partial charge in [0.2, 0.25) is 5.91 Å². The molecule has 0 aromatic heterocycles. The van der Waals surface area contributed by atoms with E-state index in [0.29, 0.717) is 6.54 Å². The lowest BCUT2D eigenvalue weighted by Gasteiger charge is -2.30. The summed E-state index contributed by atoms with van der Waals surface area (Å²) < 4.78 is 0. The zero-order valence-electron chi connectivity index (χ0n) is 16.4. The molecule has 0 bridgehead atoms. The molecular weight excluding hydrogens is 334 g/mol. The summed E-state index contributed by atoms with van der Waals surface area (Å²) in [5.74, 6) is 0.117. The minimum Gasteiger partial charge on any atom is -0.344 e. The number of carbonyl (C=O) groups is 1. The highest BCUT2D eigenvalue weighted by atomic mass is 16.2. The Bertz CT molecular complexity index is 805. The molecule has 4 nitrogen and oxygen atoms in total. The minimum absolute atomic E-state index is 0.0149. The predicted molar refractivity (Wildman–Crippen MR) is 108 cm³/mol. The average Bonchev–Trinajstić information content (AvgIpc) is 3.03. The molecule has 2 aromatic rings. The molecule has 4 rings (SSSR count). The van der Waals surface area contributed by atoms with Gasteiger partial charge in [0.05, 0.1) is 12.0 Å². The minimum atomic E-state index is -0.0907. The molecule has 3 unspecified atom stereocenters. The van der Waals surface area contributed by atoms with E-state index in [0.717, 1.165) is 18.5 Å². The second-order valence-corrected chi connectivity index (χ2v) is 8.72. The van der Waals surface area contributed by atoms with Crippen LogP contribution in [0.25, 0.3) is 0 Å². The molecule has 1 aliphatic heterocycles. The molecule has 2 N–H and O–H groups in total. The highest BCUT2D eigenvalue weighted by Crippen LogP contribution is 2.64. The molecule has 1 amide bonds. The Balaban J connectivity index is 1.52. The summed E-state index contributed by atoms with van der Waals surface area (Å²) in [6.45, 7) is 6.04. The third kappa shape index (κ3) is 3.17. The van der Waals surface area contributed by atoms with Crippen LogP contribution in [0.1, 0.15) is 37.4 Å². The van der Waals surface area contributed by atoms with Crippen molar-refractivity contribution in [3.63, 3.8) is 0 Å². The number of rotatable bonds is 5. The maximum absolute atomic E-state index is 13.3. The van der Waals surface area contributed by atoms with Gasteiger partial charge in [-0.2, -0.15) is 0 Å². The van der Waals surface area contributed by atoms with Crippen LogP contribution < -0.4 is 10.9 Å². The number of amides is 1. The fraction of sp³-hybridized carbons (Fsp3) is 0.435. The van der Waals surface area contributed by atoms with E-state index in [2.05, 4.69) is 67.2 Å². The van der Waals surface area contributed by atoms with E-state index in [1.54, 1.807) is 0 Å². The quantitative estimate of drug-likeness (QED) is 0.857. The monoisotopic (exact) mass is 363 g/mol. The van der Waals surface area contributed by atoms with Crippen LogP contribution >= 0.6 is 0 Å². The fourth-order valence-electron chi connectivity index (χ4n) is 4.79. The molecule has 1 saturated carbocycles. The Morgan fingerprint density at radius 2 is 1.67 bits per heavy atom. The van der Waals surface area contributed by atoms with Crippen LogP contribution in [0.3, 0.4) is 0 Å². The molecule has 3 atom stereocenters. The van der Waals surface area contributed by atoms with Gasteiger partial charge in [0, 0.05) is 25.6 Å². The average molecular weight is 364 g/mol. The van der Waals surface area contributed by atoms with Crippen LogP contribution in [0, 0.1) is 11.3 Å². The largest absolute Gasteiger partial charge is 0.344 e. The van der Waals surface area contributed by atoms with E-state index in [1.807, 2.05) is 30.1 Å². The summed E-state index contributed by atoms with van der Waals surface area (Å²) in [5.41, 5.74) is 9.24. The Morgan fingerprint density at radius 1 is 1.07 bits per heavy atom. The number of likely N-dealkylation sites (N-methyl/N-ethyl adjacent to an activating group) is 1. The second kappa shape index (κ2) is 6.77. The molecule has 2 fully saturated rings. The summed E-state index contributed by atoms with van der Waals surface area (Å²) in [6.07, 6.45) is 1.12. The Hall–Kier alpha value is -2.17. The molecule has 0 spiro atoms. The van der Waals surface area contributed by atoms with Crippen molar-refractivity contribution in [1.82, 2.24) is 15.8 Å². The van der Waals surface area contributed by atoms with Crippen molar-refractivity contribution in [3.05, 3.63) is 71.8 Å². The lowest BCUT2D eigenvalue weighted by atomic mass is 9.86. The lowest BCUT2D eigenvalue weighted by molar-refractivity contribution is -0.134. The summed E-state index contributed by atoms with van der Waals surface area (Å²) in [7, 11) is 1.96. The first-order chi connectivity index (χ1) is 12.9. The SMILES string of the molecule is CN(CC1(c2ccccc2)CC1(C)C)C(=O)C1CNNC1c1ccccc1. The Morgan fingerprint density at radius 3 is 2.26 bits per heavy atom. The number of hydrogen-bond donors (Lipinski definition) is 2. The Labute approximate surface area is 161 Å². The van der Waals surface area contributed by atoms with Gasteiger partial charge in [0.1, 0.15) is 0 Å². The zero-order chi connectivity index (χ0) is 19.1. The number of benzene rings is 2. The number of hydrazine groups is 1. The van der Waals surface area contributed by atoms with E-state index in [9.17, 15) is 4.79 Å². The van der Waals surface area contributed by atoms with Gasteiger partial charge in [-0.1, -0.05) is 74.5 Å². The molecule has 1 heterocycles. The van der Waals surface area contributed by atoms with Gasteiger partial charge < -0.3 is 4.90 Å². The maximum atomic E-state index is 13.3. The van der Waals surface area contributed by atoms with Crippen LogP contribution in [0.5, 0.6) is 0 Å². The first-order valence-electron chi connectivity index (χ1n) is 9.78. The molecule has 4 heteroatoms. The molecular formula is C23H29N3O. The molecule has 1 aliphatic carbocycles. The van der Waals surface area contributed by atoms with Crippen LogP contribution in [0.2, 0.25) is 0 Å². The van der Waals surface area contributed by atoms with E-state index in [1.165, 1.54) is 5.56 Å². The zero-order valence-corrected chi connectivity index (χ0v) is 16.4. The molecule has 2 aromatic carbocycles. The number of nitrogens with one attached hydrogen (secondary N) is 2. The van der Waals surface area contributed by atoms with Gasteiger partial charge in [-0.3, -0.25) is 10.2 Å². The smallest absolute Gasteiger partial charge is 0.228 e. The van der Waals surface area contributed by atoms with Crippen molar-refractivity contribution < 1.29 is 4.79 Å². The normalized spacial score (nSPS) is 28.7.